The third kappa shape index (κ3) is 4.52. The average molecular weight is 397 g/mol. The SMILES string of the molecule is CC(=O)Nc1cccc(NC(=O)c2ccc(N3CCC4(CC3)OCCO4)nn2)c1. The Morgan fingerprint density at radius 2 is 1.69 bits per heavy atom. The monoisotopic (exact) mass is 397 g/mol. The Labute approximate surface area is 168 Å². The Morgan fingerprint density at radius 1 is 1.00 bits per heavy atom. The van der Waals surface area contributed by atoms with E-state index in [0.717, 1.165) is 31.7 Å². The molecular weight excluding hydrogens is 374 g/mol. The number of hydrogen-bond donors (Lipinski definition) is 2. The van der Waals surface area contributed by atoms with E-state index < -0.39 is 5.79 Å². The van der Waals surface area contributed by atoms with Gasteiger partial charge in [-0.25, -0.2) is 0 Å². The minimum absolute atomic E-state index is 0.176. The van der Waals surface area contributed by atoms with Crippen LogP contribution in [-0.2, 0) is 14.3 Å². The summed E-state index contributed by atoms with van der Waals surface area (Å²) in [5, 5.41) is 13.7. The number of anilines is 3. The molecule has 0 atom stereocenters. The van der Waals surface area contributed by atoms with Gasteiger partial charge in [0, 0.05) is 44.2 Å². The zero-order valence-corrected chi connectivity index (χ0v) is 16.2. The number of piperidine rings is 1. The molecule has 4 rings (SSSR count). The molecule has 29 heavy (non-hydrogen) atoms. The molecule has 2 aliphatic rings. The first-order valence-electron chi connectivity index (χ1n) is 9.59. The first kappa shape index (κ1) is 19.3. The van der Waals surface area contributed by atoms with Crippen LogP contribution in [0.15, 0.2) is 36.4 Å². The molecule has 0 radical (unpaired) electrons. The molecule has 2 aromatic rings. The Balaban J connectivity index is 1.36. The van der Waals surface area contributed by atoms with Crippen molar-refractivity contribution in [3.05, 3.63) is 42.1 Å². The Bertz CT molecular complexity index is 886. The van der Waals surface area contributed by atoms with Crippen molar-refractivity contribution in [3.63, 3.8) is 0 Å². The third-order valence-corrected chi connectivity index (χ3v) is 4.99. The third-order valence-electron chi connectivity index (χ3n) is 4.99. The van der Waals surface area contributed by atoms with Gasteiger partial charge in [0.15, 0.2) is 17.3 Å². The van der Waals surface area contributed by atoms with Crippen molar-refractivity contribution in [3.8, 4) is 0 Å². The van der Waals surface area contributed by atoms with E-state index in [-0.39, 0.29) is 17.5 Å². The number of amides is 2. The average Bonchev–Trinajstić information content (AvgIpc) is 3.16. The van der Waals surface area contributed by atoms with Crippen LogP contribution >= 0.6 is 0 Å². The summed E-state index contributed by atoms with van der Waals surface area (Å²) in [6, 6.07) is 10.4. The maximum absolute atomic E-state index is 12.5. The fraction of sp³-hybridized carbons (Fsp3) is 0.400. The van der Waals surface area contributed by atoms with Gasteiger partial charge in [0.05, 0.1) is 13.2 Å². The second kappa shape index (κ2) is 8.14. The number of aromatic nitrogens is 2. The number of benzene rings is 1. The molecule has 0 unspecified atom stereocenters. The molecular formula is C20H23N5O4. The van der Waals surface area contributed by atoms with Gasteiger partial charge in [0.1, 0.15) is 0 Å². The summed E-state index contributed by atoms with van der Waals surface area (Å²) in [6.07, 6.45) is 1.56. The van der Waals surface area contributed by atoms with Crippen LogP contribution in [-0.4, -0.2) is 54.1 Å². The van der Waals surface area contributed by atoms with Crippen molar-refractivity contribution in [1.29, 1.82) is 0 Å². The van der Waals surface area contributed by atoms with Crippen LogP contribution < -0.4 is 15.5 Å². The fourth-order valence-corrected chi connectivity index (χ4v) is 3.55. The number of nitrogens with one attached hydrogen (secondary N) is 2. The van der Waals surface area contributed by atoms with E-state index in [1.165, 1.54) is 6.92 Å². The molecule has 0 bridgehead atoms. The maximum Gasteiger partial charge on any atom is 0.276 e. The number of carbonyl (C=O) groups excluding carboxylic acids is 2. The lowest BCUT2D eigenvalue weighted by Crippen LogP contribution is -2.45. The standard InChI is InChI=1S/C20H23N5O4/c1-14(26)21-15-3-2-4-16(13-15)22-19(27)17-5-6-18(24-23-17)25-9-7-20(8-10-25)28-11-12-29-20/h2-6,13H,7-12H2,1H3,(H,21,26)(H,22,27). The number of carbonyl (C=O) groups is 2. The molecule has 2 saturated heterocycles. The van der Waals surface area contributed by atoms with E-state index in [0.29, 0.717) is 24.6 Å². The van der Waals surface area contributed by atoms with Crippen molar-refractivity contribution < 1.29 is 19.1 Å². The number of hydrogen-bond acceptors (Lipinski definition) is 7. The van der Waals surface area contributed by atoms with Crippen molar-refractivity contribution in [2.24, 2.45) is 0 Å². The molecule has 3 heterocycles. The minimum Gasteiger partial charge on any atom is -0.355 e. The lowest BCUT2D eigenvalue weighted by Gasteiger charge is -2.37. The second-order valence-corrected chi connectivity index (χ2v) is 7.09. The molecule has 1 aromatic carbocycles. The molecule has 2 amide bonds. The minimum atomic E-state index is -0.435. The number of rotatable bonds is 4. The number of nitrogens with zero attached hydrogens (tertiary/aromatic N) is 3. The number of ether oxygens (including phenoxy) is 2. The highest BCUT2D eigenvalue weighted by Gasteiger charge is 2.40. The van der Waals surface area contributed by atoms with Crippen LogP contribution in [0, 0.1) is 0 Å². The largest absolute Gasteiger partial charge is 0.355 e. The molecule has 0 saturated carbocycles. The van der Waals surface area contributed by atoms with Gasteiger partial charge in [0.25, 0.3) is 5.91 Å². The summed E-state index contributed by atoms with van der Waals surface area (Å²) < 4.78 is 11.5. The van der Waals surface area contributed by atoms with E-state index in [1.807, 2.05) is 0 Å². The Morgan fingerprint density at radius 3 is 2.31 bits per heavy atom. The van der Waals surface area contributed by atoms with Gasteiger partial charge in [-0.05, 0) is 30.3 Å². The fourth-order valence-electron chi connectivity index (χ4n) is 3.55. The predicted octanol–water partition coefficient (Wildman–Crippen LogP) is 2.03. The Kier molecular flexibility index (Phi) is 5.41. The van der Waals surface area contributed by atoms with Crippen LogP contribution in [0.1, 0.15) is 30.3 Å². The quantitative estimate of drug-likeness (QED) is 0.813. The van der Waals surface area contributed by atoms with E-state index in [2.05, 4.69) is 25.7 Å². The topological polar surface area (TPSA) is 106 Å². The predicted molar refractivity (Wildman–Crippen MR) is 107 cm³/mol. The lowest BCUT2D eigenvalue weighted by atomic mass is 10.0. The maximum atomic E-state index is 12.5. The van der Waals surface area contributed by atoms with Crippen molar-refractivity contribution in [2.75, 3.05) is 41.8 Å². The van der Waals surface area contributed by atoms with Gasteiger partial charge < -0.3 is 25.0 Å². The van der Waals surface area contributed by atoms with E-state index in [4.69, 9.17) is 9.47 Å². The van der Waals surface area contributed by atoms with Gasteiger partial charge in [-0.3, -0.25) is 9.59 Å². The zero-order valence-electron chi connectivity index (χ0n) is 16.2. The molecule has 9 heteroatoms. The lowest BCUT2D eigenvalue weighted by molar-refractivity contribution is -0.169. The summed E-state index contributed by atoms with van der Waals surface area (Å²) in [6.45, 7) is 4.25. The van der Waals surface area contributed by atoms with Gasteiger partial charge in [-0.15, -0.1) is 10.2 Å². The molecule has 1 spiro atoms. The van der Waals surface area contributed by atoms with Gasteiger partial charge in [-0.1, -0.05) is 6.07 Å². The van der Waals surface area contributed by atoms with Crippen molar-refractivity contribution in [1.82, 2.24) is 10.2 Å². The summed E-state index contributed by atoms with van der Waals surface area (Å²) in [7, 11) is 0. The normalized spacial score (nSPS) is 17.9. The molecule has 2 fully saturated rings. The van der Waals surface area contributed by atoms with Gasteiger partial charge >= 0.3 is 0 Å². The molecule has 9 nitrogen and oxygen atoms in total. The highest BCUT2D eigenvalue weighted by Crippen LogP contribution is 2.32. The molecule has 0 aliphatic carbocycles. The van der Waals surface area contributed by atoms with E-state index in [1.54, 1.807) is 36.4 Å². The van der Waals surface area contributed by atoms with E-state index >= 15 is 0 Å². The molecule has 152 valence electrons. The van der Waals surface area contributed by atoms with E-state index in [9.17, 15) is 9.59 Å². The first-order valence-corrected chi connectivity index (χ1v) is 9.59. The van der Waals surface area contributed by atoms with Crippen LogP contribution in [0.2, 0.25) is 0 Å². The summed E-state index contributed by atoms with van der Waals surface area (Å²) in [4.78, 5) is 25.7. The highest BCUT2D eigenvalue weighted by atomic mass is 16.7. The van der Waals surface area contributed by atoms with Crippen LogP contribution in [0.25, 0.3) is 0 Å². The molecule has 2 aliphatic heterocycles. The summed E-state index contributed by atoms with van der Waals surface area (Å²) >= 11 is 0. The van der Waals surface area contributed by atoms with Crippen LogP contribution in [0.4, 0.5) is 17.2 Å². The molecule has 1 aromatic heterocycles. The van der Waals surface area contributed by atoms with Crippen LogP contribution in [0.3, 0.4) is 0 Å². The van der Waals surface area contributed by atoms with Crippen molar-refractivity contribution >= 4 is 29.0 Å². The summed E-state index contributed by atoms with van der Waals surface area (Å²) in [5.74, 6) is -0.253. The first-order chi connectivity index (χ1) is 14.0. The van der Waals surface area contributed by atoms with Gasteiger partial charge in [-0.2, -0.15) is 0 Å². The smallest absolute Gasteiger partial charge is 0.276 e. The highest BCUT2D eigenvalue weighted by molar-refractivity contribution is 6.03. The van der Waals surface area contributed by atoms with Crippen LogP contribution in [0.5, 0.6) is 0 Å². The Hall–Kier alpha value is -3.04. The molecule has 2 N–H and O–H groups in total. The van der Waals surface area contributed by atoms with Gasteiger partial charge in [0.2, 0.25) is 5.91 Å². The summed E-state index contributed by atoms with van der Waals surface area (Å²) in [5.41, 5.74) is 1.38. The second-order valence-electron chi connectivity index (χ2n) is 7.09. The van der Waals surface area contributed by atoms with Crippen molar-refractivity contribution in [2.45, 2.75) is 25.6 Å². The zero-order chi connectivity index (χ0) is 20.3.